The van der Waals surface area contributed by atoms with Crippen LogP contribution < -0.4 is 30.1 Å². The summed E-state index contributed by atoms with van der Waals surface area (Å²) in [5.41, 5.74) is -0.520. The number of aromatic amines is 2. The van der Waals surface area contributed by atoms with Gasteiger partial charge < -0.3 is 0 Å². The second-order valence-electron chi connectivity index (χ2n) is 10.6. The Bertz CT molecular complexity index is 2480. The minimum absolute atomic E-state index is 0.0682. The van der Waals surface area contributed by atoms with Gasteiger partial charge in [-0.25, -0.2) is 18.0 Å². The molecule has 0 saturated heterocycles. The van der Waals surface area contributed by atoms with Crippen LogP contribution in [0.1, 0.15) is 11.1 Å². The third-order valence-corrected chi connectivity index (χ3v) is 11.8. The second kappa shape index (κ2) is 12.3. The number of nitrogens with zero attached hydrogens (tertiary/aromatic N) is 2. The van der Waals surface area contributed by atoms with Gasteiger partial charge >= 0.3 is 41.3 Å². The van der Waals surface area contributed by atoms with Crippen LogP contribution >= 0.6 is 0 Å². The monoisotopic (exact) mass is 726 g/mol. The first kappa shape index (κ1) is 33.1. The van der Waals surface area contributed by atoms with Crippen molar-refractivity contribution in [2.75, 3.05) is 9.44 Å². The topological polar surface area (TPSA) is 226 Å². The molecule has 252 valence electrons. The number of hydrogen-bond acceptors (Lipinski definition) is 10. The lowest BCUT2D eigenvalue weighted by Gasteiger charge is -2.07. The van der Waals surface area contributed by atoms with Gasteiger partial charge in [-0.05, 0) is 81.3 Å². The molecular formula is C30H26N6O10S3+2. The van der Waals surface area contributed by atoms with E-state index < -0.39 is 51.2 Å². The van der Waals surface area contributed by atoms with Crippen LogP contribution in [0.25, 0.3) is 11.4 Å². The van der Waals surface area contributed by atoms with Gasteiger partial charge in [-0.3, -0.25) is 18.5 Å². The van der Waals surface area contributed by atoms with E-state index in [0.717, 1.165) is 9.36 Å². The number of nitrogens with one attached hydrogen (secondary N) is 4. The molecule has 0 aliphatic rings. The third-order valence-electron chi connectivity index (χ3n) is 7.31. The number of H-pyrrole nitrogens is 2. The molecule has 19 heteroatoms. The Morgan fingerprint density at radius 2 is 0.878 bits per heavy atom. The van der Waals surface area contributed by atoms with Gasteiger partial charge in [0.2, 0.25) is 21.2 Å². The van der Waals surface area contributed by atoms with Crippen molar-refractivity contribution in [1.82, 2.24) is 10.5 Å². The summed E-state index contributed by atoms with van der Waals surface area (Å²) >= 11 is 0. The molecule has 2 aromatic heterocycles. The average Bonchev–Trinajstić information content (AvgIpc) is 3.66. The van der Waals surface area contributed by atoms with E-state index in [1.54, 1.807) is 50.2 Å². The van der Waals surface area contributed by atoms with Crippen LogP contribution in [0.15, 0.2) is 136 Å². The quantitative estimate of drug-likeness (QED) is 0.150. The number of benzene rings is 4. The lowest BCUT2D eigenvalue weighted by molar-refractivity contribution is -0.705. The van der Waals surface area contributed by atoms with E-state index in [1.807, 2.05) is 0 Å². The highest BCUT2D eigenvalue weighted by Gasteiger charge is 2.38. The van der Waals surface area contributed by atoms with Crippen molar-refractivity contribution in [2.45, 2.75) is 33.7 Å². The lowest BCUT2D eigenvalue weighted by Crippen LogP contribution is -2.42. The number of rotatable bonds is 10. The van der Waals surface area contributed by atoms with Crippen molar-refractivity contribution >= 4 is 41.3 Å². The number of aromatic nitrogens is 4. The summed E-state index contributed by atoms with van der Waals surface area (Å²) in [7, 11) is -13.1. The third kappa shape index (κ3) is 6.28. The number of aryl methyl sites for hydroxylation is 2. The average molecular weight is 727 g/mol. The first-order chi connectivity index (χ1) is 23.2. The zero-order chi connectivity index (χ0) is 35.1. The summed E-state index contributed by atoms with van der Waals surface area (Å²) in [6.45, 7) is 3.37. The van der Waals surface area contributed by atoms with Crippen LogP contribution in [0.3, 0.4) is 0 Å². The number of hydrogen-bond donors (Lipinski definition) is 4. The molecule has 16 nitrogen and oxygen atoms in total. The summed E-state index contributed by atoms with van der Waals surface area (Å²) in [5, 5.41) is 2.90. The van der Waals surface area contributed by atoms with Crippen molar-refractivity contribution in [1.29, 1.82) is 0 Å². The molecular weight excluding hydrogens is 701 g/mol. The Balaban J connectivity index is 1.27. The molecule has 6 aromatic rings. The normalized spacial score (nSPS) is 12.1. The number of sulfone groups is 1. The largest absolute Gasteiger partial charge is 0.449 e. The Labute approximate surface area is 278 Å². The maximum absolute atomic E-state index is 13.5. The van der Waals surface area contributed by atoms with Crippen LogP contribution in [0.5, 0.6) is 0 Å². The van der Waals surface area contributed by atoms with E-state index >= 15 is 0 Å². The van der Waals surface area contributed by atoms with Crippen LogP contribution in [0, 0.1) is 13.8 Å². The molecule has 0 fully saturated rings. The van der Waals surface area contributed by atoms with Crippen molar-refractivity contribution < 1.29 is 43.7 Å². The highest BCUT2D eigenvalue weighted by Crippen LogP contribution is 2.23. The van der Waals surface area contributed by atoms with Gasteiger partial charge in [0.25, 0.3) is 0 Å². The van der Waals surface area contributed by atoms with E-state index in [9.17, 15) is 34.8 Å². The molecule has 0 atom stereocenters. The van der Waals surface area contributed by atoms with Gasteiger partial charge in [-0.1, -0.05) is 36.4 Å². The van der Waals surface area contributed by atoms with Crippen LogP contribution in [-0.2, 0) is 29.9 Å². The van der Waals surface area contributed by atoms with E-state index in [-0.39, 0.29) is 32.5 Å². The van der Waals surface area contributed by atoms with E-state index in [1.165, 1.54) is 60.7 Å². The highest BCUT2D eigenvalue weighted by atomic mass is 32.2. The maximum Gasteiger partial charge on any atom is 0.449 e. The molecule has 2 heterocycles. The Morgan fingerprint density at radius 1 is 0.531 bits per heavy atom. The van der Waals surface area contributed by atoms with Gasteiger partial charge in [0.15, 0.2) is 0 Å². The summed E-state index contributed by atoms with van der Waals surface area (Å²) in [4.78, 5) is 24.5. The zero-order valence-electron chi connectivity index (χ0n) is 25.4. The molecule has 0 unspecified atom stereocenters. The van der Waals surface area contributed by atoms with E-state index in [0.29, 0.717) is 11.1 Å². The summed E-state index contributed by atoms with van der Waals surface area (Å²) in [6.07, 6.45) is 0. The van der Waals surface area contributed by atoms with Gasteiger partial charge in [0, 0.05) is 24.3 Å². The number of sulfonamides is 2. The van der Waals surface area contributed by atoms with Crippen molar-refractivity contribution in [3.63, 3.8) is 0 Å². The minimum atomic E-state index is -4.45. The second-order valence-corrected chi connectivity index (χ2v) is 15.7. The molecule has 0 aliphatic heterocycles. The van der Waals surface area contributed by atoms with Gasteiger partial charge in [-0.15, -0.1) is 0 Å². The number of para-hydroxylation sites is 2. The predicted octanol–water partition coefficient (Wildman–Crippen LogP) is 1.85. The molecule has 0 saturated carbocycles. The van der Waals surface area contributed by atoms with E-state index in [2.05, 4.69) is 20.0 Å². The minimum Gasteiger partial charge on any atom is -0.281 e. The van der Waals surface area contributed by atoms with E-state index in [4.69, 9.17) is 9.05 Å². The molecule has 4 aromatic carbocycles. The van der Waals surface area contributed by atoms with Crippen LogP contribution in [0.2, 0.25) is 0 Å². The first-order valence-corrected chi connectivity index (χ1v) is 18.5. The molecule has 6 rings (SSSR count). The number of anilines is 2. The fourth-order valence-corrected chi connectivity index (χ4v) is 8.55. The molecule has 49 heavy (non-hydrogen) atoms. The molecule has 4 N–H and O–H groups in total. The Morgan fingerprint density at radius 3 is 1.22 bits per heavy atom. The summed E-state index contributed by atoms with van der Waals surface area (Å²) in [5.74, 6) is 0. The fraction of sp³-hybridized carbons (Fsp3) is 0.0667. The van der Waals surface area contributed by atoms with Crippen LogP contribution in [0.4, 0.5) is 11.4 Å². The molecule has 0 aliphatic carbocycles. The molecule has 0 radical (unpaired) electrons. The first-order valence-electron chi connectivity index (χ1n) is 14.1. The van der Waals surface area contributed by atoms with Gasteiger partial charge in [0.1, 0.15) is 0 Å². The zero-order valence-corrected chi connectivity index (χ0v) is 27.9. The molecule has 0 bridgehead atoms. The lowest BCUT2D eigenvalue weighted by atomic mass is 10.2. The molecule has 0 amide bonds. The summed E-state index contributed by atoms with van der Waals surface area (Å²) < 4.78 is 95.6. The van der Waals surface area contributed by atoms with Crippen molar-refractivity contribution in [3.05, 3.63) is 129 Å². The predicted molar refractivity (Wildman–Crippen MR) is 171 cm³/mol. The van der Waals surface area contributed by atoms with Crippen LogP contribution in [-0.4, -0.2) is 35.8 Å². The Hall–Kier alpha value is -5.79. The van der Waals surface area contributed by atoms with Gasteiger partial charge in [-0.2, -0.15) is 16.8 Å². The van der Waals surface area contributed by atoms with Crippen molar-refractivity contribution in [3.8, 4) is 11.4 Å². The van der Waals surface area contributed by atoms with Gasteiger partial charge in [0.05, 0.1) is 21.2 Å². The van der Waals surface area contributed by atoms with Crippen molar-refractivity contribution in [2.24, 2.45) is 0 Å². The fourth-order valence-electron chi connectivity index (χ4n) is 4.77. The SMILES string of the molecule is Cc1ccccc1NS(=O)(=O)c1c(=O)o[nH][n+]1-c1ccc(S(=O)(=O)c2ccc(-[n+]3[nH]oc(=O)c3S(=O)(=O)Nc3ccccc3C)cc2)cc1. The Kier molecular flexibility index (Phi) is 8.34. The smallest absolute Gasteiger partial charge is 0.281 e. The standard InChI is InChI=1S/C30H24N6O10S3/c1-19-7-3-5-9-25(19)31-48(41,42)27-29(37)45-33-35(27)21-11-15-23(16-12-21)47(39,40)24-17-13-22(14-18-24)36-28(30(38)46-34-36)49(43,44)32-26-10-6-4-8-20(26)2/h3-18,31-32H,1-2H3/p+2. The maximum atomic E-state index is 13.5. The molecule has 0 spiro atoms. The highest BCUT2D eigenvalue weighted by molar-refractivity contribution is 7.93. The summed E-state index contributed by atoms with van der Waals surface area (Å²) in [6, 6.07) is 23.0.